The number of aromatic nitrogens is 1. The maximum absolute atomic E-state index is 12.7. The third-order valence-corrected chi connectivity index (χ3v) is 4.55. The van der Waals surface area contributed by atoms with Gasteiger partial charge in [-0.2, -0.15) is 0 Å². The molecule has 2 heterocycles. The van der Waals surface area contributed by atoms with Crippen molar-refractivity contribution in [3.8, 4) is 11.1 Å². The Bertz CT molecular complexity index is 675. The minimum Gasteiger partial charge on any atom is -0.339 e. The summed E-state index contributed by atoms with van der Waals surface area (Å²) in [6, 6.07) is 10.5. The lowest BCUT2D eigenvalue weighted by Gasteiger charge is -2.31. The number of piperidine rings is 1. The molecule has 120 valence electrons. The van der Waals surface area contributed by atoms with Gasteiger partial charge in [0.15, 0.2) is 0 Å². The number of pyridine rings is 1. The molecule has 1 aliphatic rings. The summed E-state index contributed by atoms with van der Waals surface area (Å²) >= 11 is 0. The molecule has 3 rings (SSSR count). The summed E-state index contributed by atoms with van der Waals surface area (Å²) < 4.78 is 0. The van der Waals surface area contributed by atoms with Crippen molar-refractivity contribution in [1.29, 1.82) is 0 Å². The number of benzene rings is 1. The predicted octanol–water partition coefficient (Wildman–Crippen LogP) is 2.88. The first-order valence-corrected chi connectivity index (χ1v) is 8.15. The number of carbonyl (C=O) groups is 1. The van der Waals surface area contributed by atoms with Gasteiger partial charge in [0.2, 0.25) is 0 Å². The van der Waals surface area contributed by atoms with Crippen molar-refractivity contribution in [1.82, 2.24) is 15.2 Å². The van der Waals surface area contributed by atoms with Crippen LogP contribution in [0.15, 0.2) is 42.7 Å². The van der Waals surface area contributed by atoms with E-state index in [0.29, 0.717) is 11.6 Å². The van der Waals surface area contributed by atoms with Crippen LogP contribution >= 0.6 is 0 Å². The first-order chi connectivity index (χ1) is 11.1. The zero-order valence-electron chi connectivity index (χ0n) is 13.7. The summed E-state index contributed by atoms with van der Waals surface area (Å²) in [5.41, 5.74) is 3.94. The summed E-state index contributed by atoms with van der Waals surface area (Å²) in [6.07, 6.45) is 5.49. The highest BCUT2D eigenvalue weighted by molar-refractivity contribution is 5.95. The van der Waals surface area contributed by atoms with Gasteiger partial charge in [0, 0.05) is 31.0 Å². The number of carbonyl (C=O) groups excluding carboxylic acids is 1. The predicted molar refractivity (Wildman–Crippen MR) is 92.4 cm³/mol. The summed E-state index contributed by atoms with van der Waals surface area (Å²) in [5, 5.41) is 3.33. The average molecular weight is 309 g/mol. The number of nitrogens with zero attached hydrogens (tertiary/aromatic N) is 2. The van der Waals surface area contributed by atoms with E-state index < -0.39 is 0 Å². The lowest BCUT2D eigenvalue weighted by Crippen LogP contribution is -2.44. The third-order valence-electron chi connectivity index (χ3n) is 4.55. The van der Waals surface area contributed by atoms with Gasteiger partial charge < -0.3 is 10.2 Å². The van der Waals surface area contributed by atoms with Gasteiger partial charge in [0.05, 0.1) is 5.56 Å². The fourth-order valence-corrected chi connectivity index (χ4v) is 3.02. The Balaban J connectivity index is 1.81. The van der Waals surface area contributed by atoms with Crippen molar-refractivity contribution < 1.29 is 4.79 Å². The molecular weight excluding hydrogens is 286 g/mol. The van der Waals surface area contributed by atoms with E-state index in [2.05, 4.69) is 41.5 Å². The molecule has 1 saturated heterocycles. The second kappa shape index (κ2) is 6.92. The van der Waals surface area contributed by atoms with Crippen molar-refractivity contribution in [2.24, 2.45) is 0 Å². The van der Waals surface area contributed by atoms with Crippen LogP contribution in [0.5, 0.6) is 0 Å². The van der Waals surface area contributed by atoms with Crippen molar-refractivity contribution in [3.05, 3.63) is 53.9 Å². The molecule has 0 saturated carbocycles. The molecule has 4 nitrogen and oxygen atoms in total. The van der Waals surface area contributed by atoms with Gasteiger partial charge in [-0.05, 0) is 44.5 Å². The molecule has 1 amide bonds. The smallest absolute Gasteiger partial charge is 0.255 e. The zero-order valence-corrected chi connectivity index (χ0v) is 13.7. The van der Waals surface area contributed by atoms with Gasteiger partial charge in [0.1, 0.15) is 0 Å². The Morgan fingerprint density at radius 3 is 2.52 bits per heavy atom. The molecule has 0 bridgehead atoms. The molecule has 1 fully saturated rings. The second-order valence-corrected chi connectivity index (χ2v) is 6.23. The molecule has 0 aliphatic carbocycles. The van der Waals surface area contributed by atoms with Crippen molar-refractivity contribution in [2.45, 2.75) is 25.8 Å². The number of hydrogen-bond donors (Lipinski definition) is 1. The summed E-state index contributed by atoms with van der Waals surface area (Å²) in [5.74, 6) is 0.0540. The van der Waals surface area contributed by atoms with Crippen LogP contribution in [0.4, 0.5) is 0 Å². The van der Waals surface area contributed by atoms with E-state index in [4.69, 9.17) is 0 Å². The van der Waals surface area contributed by atoms with Gasteiger partial charge in [0.25, 0.3) is 5.91 Å². The lowest BCUT2D eigenvalue weighted by atomic mass is 10.0. The van der Waals surface area contributed by atoms with Gasteiger partial charge in [-0.1, -0.05) is 29.8 Å². The topological polar surface area (TPSA) is 45.2 Å². The second-order valence-electron chi connectivity index (χ2n) is 6.23. The van der Waals surface area contributed by atoms with E-state index in [1.165, 1.54) is 5.56 Å². The summed E-state index contributed by atoms with van der Waals surface area (Å²) in [4.78, 5) is 18.9. The van der Waals surface area contributed by atoms with Crippen LogP contribution in [0.2, 0.25) is 0 Å². The molecule has 1 aliphatic heterocycles. The lowest BCUT2D eigenvalue weighted by molar-refractivity contribution is 0.0703. The van der Waals surface area contributed by atoms with E-state index in [1.807, 2.05) is 24.2 Å². The molecule has 4 heteroatoms. The van der Waals surface area contributed by atoms with E-state index in [1.54, 1.807) is 6.20 Å². The van der Waals surface area contributed by atoms with Crippen molar-refractivity contribution >= 4 is 5.91 Å². The monoisotopic (exact) mass is 309 g/mol. The number of amides is 1. The molecule has 0 radical (unpaired) electrons. The van der Waals surface area contributed by atoms with Crippen molar-refractivity contribution in [3.63, 3.8) is 0 Å². The molecule has 23 heavy (non-hydrogen) atoms. The Labute approximate surface area is 137 Å². The minimum atomic E-state index is 0.0540. The first kappa shape index (κ1) is 15.7. The molecular formula is C19H23N3O. The van der Waals surface area contributed by atoms with Crippen LogP contribution in [0.3, 0.4) is 0 Å². The Morgan fingerprint density at radius 2 is 1.83 bits per heavy atom. The number of aryl methyl sites for hydroxylation is 1. The molecule has 0 unspecified atom stereocenters. The third kappa shape index (κ3) is 3.59. The SMILES string of the molecule is Cc1ccc(-c2cncc(C(=O)N(C)C3CCNCC3)c2)cc1. The quantitative estimate of drug-likeness (QED) is 0.948. The van der Waals surface area contributed by atoms with E-state index in [9.17, 15) is 4.79 Å². The van der Waals surface area contributed by atoms with Gasteiger partial charge >= 0.3 is 0 Å². The van der Waals surface area contributed by atoms with Crippen LogP contribution in [-0.4, -0.2) is 42.0 Å². The Hall–Kier alpha value is -2.20. The standard InChI is InChI=1S/C19H23N3O/c1-14-3-5-15(6-4-14)16-11-17(13-21-12-16)19(23)22(2)18-7-9-20-10-8-18/h3-6,11-13,18,20H,7-10H2,1-2H3. The minimum absolute atomic E-state index is 0.0540. The van der Waals surface area contributed by atoms with Crippen LogP contribution in [0.25, 0.3) is 11.1 Å². The van der Waals surface area contributed by atoms with Gasteiger partial charge in [-0.25, -0.2) is 0 Å². The fraction of sp³-hybridized carbons (Fsp3) is 0.368. The largest absolute Gasteiger partial charge is 0.339 e. The highest BCUT2D eigenvalue weighted by atomic mass is 16.2. The summed E-state index contributed by atoms with van der Waals surface area (Å²) in [7, 11) is 1.90. The fourth-order valence-electron chi connectivity index (χ4n) is 3.02. The Morgan fingerprint density at radius 1 is 1.13 bits per heavy atom. The highest BCUT2D eigenvalue weighted by Crippen LogP contribution is 2.21. The number of nitrogens with one attached hydrogen (secondary N) is 1. The number of hydrogen-bond acceptors (Lipinski definition) is 3. The maximum atomic E-state index is 12.7. The van der Waals surface area contributed by atoms with Crippen LogP contribution in [0, 0.1) is 6.92 Å². The van der Waals surface area contributed by atoms with Gasteiger partial charge in [-0.3, -0.25) is 9.78 Å². The Kier molecular flexibility index (Phi) is 4.72. The molecule has 0 spiro atoms. The van der Waals surface area contributed by atoms with E-state index in [0.717, 1.165) is 37.1 Å². The molecule has 1 aromatic heterocycles. The normalized spacial score (nSPS) is 15.4. The van der Waals surface area contributed by atoms with Crippen LogP contribution < -0.4 is 5.32 Å². The van der Waals surface area contributed by atoms with Gasteiger partial charge in [-0.15, -0.1) is 0 Å². The van der Waals surface area contributed by atoms with Crippen LogP contribution in [-0.2, 0) is 0 Å². The summed E-state index contributed by atoms with van der Waals surface area (Å²) in [6.45, 7) is 4.02. The zero-order chi connectivity index (χ0) is 16.2. The van der Waals surface area contributed by atoms with E-state index >= 15 is 0 Å². The molecule has 2 aromatic rings. The maximum Gasteiger partial charge on any atom is 0.255 e. The van der Waals surface area contributed by atoms with E-state index in [-0.39, 0.29) is 5.91 Å². The molecule has 0 atom stereocenters. The average Bonchev–Trinajstić information content (AvgIpc) is 2.62. The van der Waals surface area contributed by atoms with Crippen LogP contribution in [0.1, 0.15) is 28.8 Å². The molecule has 1 aromatic carbocycles. The highest BCUT2D eigenvalue weighted by Gasteiger charge is 2.23. The number of rotatable bonds is 3. The first-order valence-electron chi connectivity index (χ1n) is 8.15. The molecule has 1 N–H and O–H groups in total. The van der Waals surface area contributed by atoms with Crippen molar-refractivity contribution in [2.75, 3.05) is 20.1 Å².